The predicted molar refractivity (Wildman–Crippen MR) is 77.7 cm³/mol. The number of carbonyl (C=O) groups excluding carboxylic acids is 1. The number of rotatable bonds is 4. The van der Waals surface area contributed by atoms with Crippen molar-refractivity contribution >= 4 is 11.7 Å². The molecule has 0 bridgehead atoms. The van der Waals surface area contributed by atoms with Crippen molar-refractivity contribution in [2.24, 2.45) is 0 Å². The zero-order chi connectivity index (χ0) is 15.4. The van der Waals surface area contributed by atoms with E-state index in [0.29, 0.717) is 17.0 Å². The Morgan fingerprint density at radius 1 is 1.24 bits per heavy atom. The lowest BCUT2D eigenvalue weighted by molar-refractivity contribution is 0.0468. The summed E-state index contributed by atoms with van der Waals surface area (Å²) in [6.07, 6.45) is 0. The van der Waals surface area contributed by atoms with E-state index in [9.17, 15) is 9.18 Å². The zero-order valence-electron chi connectivity index (χ0n) is 11.9. The average Bonchev–Trinajstić information content (AvgIpc) is 2.48. The van der Waals surface area contributed by atoms with Gasteiger partial charge in [0.1, 0.15) is 18.2 Å². The maximum Gasteiger partial charge on any atom is 0.338 e. The number of anilines is 1. The third kappa shape index (κ3) is 3.51. The molecular weight excluding hydrogens is 273 g/mol. The van der Waals surface area contributed by atoms with Crippen molar-refractivity contribution < 1.29 is 18.7 Å². The fourth-order valence-corrected chi connectivity index (χ4v) is 1.85. The van der Waals surface area contributed by atoms with Crippen molar-refractivity contribution in [3.05, 3.63) is 58.9 Å². The number of hydrogen-bond donors (Lipinski definition) is 1. The Balaban J connectivity index is 2.09. The van der Waals surface area contributed by atoms with E-state index in [2.05, 4.69) is 0 Å². The molecule has 0 heterocycles. The molecule has 0 atom stereocenters. The van der Waals surface area contributed by atoms with Gasteiger partial charge in [0.25, 0.3) is 0 Å². The fraction of sp³-hybridized carbons (Fsp3) is 0.188. The largest absolute Gasteiger partial charge is 0.497 e. The van der Waals surface area contributed by atoms with Crippen LogP contribution in [0.15, 0.2) is 36.4 Å². The molecule has 0 unspecified atom stereocenters. The Labute approximate surface area is 122 Å². The van der Waals surface area contributed by atoms with E-state index in [-0.39, 0.29) is 12.2 Å². The number of esters is 1. The van der Waals surface area contributed by atoms with Crippen LogP contribution in [-0.2, 0) is 11.3 Å². The van der Waals surface area contributed by atoms with Crippen LogP contribution >= 0.6 is 0 Å². The summed E-state index contributed by atoms with van der Waals surface area (Å²) in [5.74, 6) is -0.601. The number of hydrogen-bond acceptors (Lipinski definition) is 4. The van der Waals surface area contributed by atoms with Crippen LogP contribution < -0.4 is 10.5 Å². The third-order valence-corrected chi connectivity index (χ3v) is 3.10. The molecule has 0 fully saturated rings. The molecule has 0 amide bonds. The van der Waals surface area contributed by atoms with Crippen molar-refractivity contribution in [1.82, 2.24) is 0 Å². The lowest BCUT2D eigenvalue weighted by Crippen LogP contribution is -2.08. The number of ether oxygens (including phenoxy) is 2. The van der Waals surface area contributed by atoms with Crippen molar-refractivity contribution in [1.29, 1.82) is 0 Å². The zero-order valence-corrected chi connectivity index (χ0v) is 11.9. The fourth-order valence-electron chi connectivity index (χ4n) is 1.85. The van der Waals surface area contributed by atoms with E-state index in [4.69, 9.17) is 15.2 Å². The standard InChI is InChI=1S/C16H16FNO3/c1-10-3-5-12(18)7-14(10)16(19)21-9-11-4-6-13(20-2)8-15(11)17/h3-8H,9,18H2,1-2H3. The number of aryl methyl sites for hydroxylation is 1. The van der Waals surface area contributed by atoms with Gasteiger partial charge in [0.2, 0.25) is 0 Å². The number of methoxy groups -OCH3 is 1. The van der Waals surface area contributed by atoms with E-state index >= 15 is 0 Å². The summed E-state index contributed by atoms with van der Waals surface area (Å²) < 4.78 is 23.8. The van der Waals surface area contributed by atoms with Crippen molar-refractivity contribution in [3.63, 3.8) is 0 Å². The summed E-state index contributed by atoms with van der Waals surface area (Å²) in [6.45, 7) is 1.63. The highest BCUT2D eigenvalue weighted by Gasteiger charge is 2.12. The smallest absolute Gasteiger partial charge is 0.338 e. The van der Waals surface area contributed by atoms with Gasteiger partial charge >= 0.3 is 5.97 Å². The second kappa shape index (κ2) is 6.26. The predicted octanol–water partition coefficient (Wildman–Crippen LogP) is 3.08. The van der Waals surface area contributed by atoms with E-state index in [1.807, 2.05) is 0 Å². The molecule has 0 aliphatic carbocycles. The highest BCUT2D eigenvalue weighted by atomic mass is 19.1. The van der Waals surface area contributed by atoms with Crippen LogP contribution in [0.3, 0.4) is 0 Å². The summed E-state index contributed by atoms with van der Waals surface area (Å²) in [6, 6.07) is 9.36. The lowest BCUT2D eigenvalue weighted by Gasteiger charge is -2.09. The van der Waals surface area contributed by atoms with E-state index < -0.39 is 11.8 Å². The molecular formula is C16H16FNO3. The number of nitrogens with two attached hydrogens (primary N) is 1. The van der Waals surface area contributed by atoms with E-state index in [0.717, 1.165) is 5.56 Å². The molecule has 2 N–H and O–H groups in total. The first-order valence-corrected chi connectivity index (χ1v) is 6.37. The Morgan fingerprint density at radius 2 is 2.00 bits per heavy atom. The Bertz CT molecular complexity index is 671. The van der Waals surface area contributed by atoms with Crippen LogP contribution in [0.2, 0.25) is 0 Å². The Hall–Kier alpha value is -2.56. The molecule has 0 aromatic heterocycles. The molecule has 5 heteroatoms. The number of benzene rings is 2. The molecule has 0 spiro atoms. The number of nitrogen functional groups attached to an aromatic ring is 1. The van der Waals surface area contributed by atoms with Gasteiger partial charge in [0, 0.05) is 17.3 Å². The maximum atomic E-state index is 13.7. The van der Waals surface area contributed by atoms with E-state index in [1.165, 1.54) is 19.2 Å². The molecule has 2 aromatic carbocycles. The molecule has 2 rings (SSSR count). The van der Waals surface area contributed by atoms with Crippen LogP contribution in [0.25, 0.3) is 0 Å². The lowest BCUT2D eigenvalue weighted by atomic mass is 10.1. The van der Waals surface area contributed by atoms with Gasteiger partial charge in [-0.1, -0.05) is 6.07 Å². The second-order valence-corrected chi connectivity index (χ2v) is 4.61. The van der Waals surface area contributed by atoms with Gasteiger partial charge < -0.3 is 15.2 Å². The molecule has 0 aliphatic rings. The molecule has 0 aliphatic heterocycles. The minimum absolute atomic E-state index is 0.150. The Kier molecular flexibility index (Phi) is 4.42. The van der Waals surface area contributed by atoms with Crippen molar-refractivity contribution in [3.8, 4) is 5.75 Å². The quantitative estimate of drug-likeness (QED) is 0.694. The SMILES string of the molecule is COc1ccc(COC(=O)c2cc(N)ccc2C)c(F)c1. The van der Waals surface area contributed by atoms with Crippen LogP contribution in [0.1, 0.15) is 21.5 Å². The topological polar surface area (TPSA) is 61.5 Å². The van der Waals surface area contributed by atoms with E-state index in [1.54, 1.807) is 31.2 Å². The summed E-state index contributed by atoms with van der Waals surface area (Å²) in [7, 11) is 1.46. The highest BCUT2D eigenvalue weighted by molar-refractivity contribution is 5.92. The van der Waals surface area contributed by atoms with Crippen LogP contribution in [0.5, 0.6) is 5.75 Å². The van der Waals surface area contributed by atoms with Crippen molar-refractivity contribution in [2.45, 2.75) is 13.5 Å². The molecule has 2 aromatic rings. The van der Waals surface area contributed by atoms with Gasteiger partial charge in [-0.05, 0) is 36.8 Å². The first kappa shape index (κ1) is 14.8. The molecule has 110 valence electrons. The summed E-state index contributed by atoms with van der Waals surface area (Å²) in [5.41, 5.74) is 7.54. The number of halogens is 1. The third-order valence-electron chi connectivity index (χ3n) is 3.10. The van der Waals surface area contributed by atoms with Gasteiger partial charge in [0.15, 0.2) is 0 Å². The molecule has 0 radical (unpaired) electrons. The molecule has 0 saturated carbocycles. The number of carbonyl (C=O) groups is 1. The van der Waals surface area contributed by atoms with Gasteiger partial charge in [-0.2, -0.15) is 0 Å². The van der Waals surface area contributed by atoms with Gasteiger partial charge in [0.05, 0.1) is 12.7 Å². The molecule has 4 nitrogen and oxygen atoms in total. The molecule has 21 heavy (non-hydrogen) atoms. The van der Waals surface area contributed by atoms with Gasteiger partial charge in [-0.3, -0.25) is 0 Å². The minimum Gasteiger partial charge on any atom is -0.497 e. The van der Waals surface area contributed by atoms with Crippen molar-refractivity contribution in [2.75, 3.05) is 12.8 Å². The summed E-state index contributed by atoms with van der Waals surface area (Å²) >= 11 is 0. The first-order valence-electron chi connectivity index (χ1n) is 6.37. The van der Waals surface area contributed by atoms with Crippen LogP contribution in [0.4, 0.5) is 10.1 Å². The van der Waals surface area contributed by atoms with Gasteiger partial charge in [-0.15, -0.1) is 0 Å². The first-order chi connectivity index (χ1) is 10.0. The van der Waals surface area contributed by atoms with Crippen LogP contribution in [0, 0.1) is 12.7 Å². The second-order valence-electron chi connectivity index (χ2n) is 4.61. The average molecular weight is 289 g/mol. The highest BCUT2D eigenvalue weighted by Crippen LogP contribution is 2.18. The van der Waals surface area contributed by atoms with Gasteiger partial charge in [-0.25, -0.2) is 9.18 Å². The monoisotopic (exact) mass is 289 g/mol. The normalized spacial score (nSPS) is 10.2. The Morgan fingerprint density at radius 3 is 2.67 bits per heavy atom. The summed E-state index contributed by atoms with van der Waals surface area (Å²) in [4.78, 5) is 12.0. The molecule has 0 saturated heterocycles. The summed E-state index contributed by atoms with van der Waals surface area (Å²) in [5, 5.41) is 0. The minimum atomic E-state index is -0.532. The van der Waals surface area contributed by atoms with Crippen LogP contribution in [-0.4, -0.2) is 13.1 Å². The maximum absolute atomic E-state index is 13.7.